The van der Waals surface area contributed by atoms with Crippen molar-refractivity contribution in [1.82, 2.24) is 20.2 Å². The molecule has 0 saturated carbocycles. The Kier molecular flexibility index (Phi) is 4.06. The molecule has 1 saturated heterocycles. The first kappa shape index (κ1) is 15.1. The van der Waals surface area contributed by atoms with Crippen molar-refractivity contribution in [3.05, 3.63) is 60.2 Å². The summed E-state index contributed by atoms with van der Waals surface area (Å²) in [5, 5.41) is 2.68. The number of rotatable bonds is 3. The average molecular weight is 310 g/mol. The van der Waals surface area contributed by atoms with Crippen LogP contribution in [0.15, 0.2) is 48.9 Å². The number of nitrogens with zero attached hydrogens (tertiary/aromatic N) is 3. The minimum absolute atomic E-state index is 0.169. The normalized spacial score (nSPS) is 20.3. The van der Waals surface area contributed by atoms with Crippen LogP contribution in [0.3, 0.4) is 0 Å². The molecule has 2 heterocycles. The molecule has 2 amide bonds. The number of carbonyl (C=O) groups excluding carboxylic acids is 2. The fourth-order valence-corrected chi connectivity index (χ4v) is 3.17. The summed E-state index contributed by atoms with van der Waals surface area (Å²) in [6.07, 6.45) is 5.93. The van der Waals surface area contributed by atoms with Crippen molar-refractivity contribution in [1.29, 1.82) is 0 Å². The van der Waals surface area contributed by atoms with Crippen LogP contribution in [-0.2, 0) is 10.3 Å². The van der Waals surface area contributed by atoms with Gasteiger partial charge >= 0.3 is 0 Å². The Morgan fingerprint density at radius 1 is 1.22 bits per heavy atom. The van der Waals surface area contributed by atoms with Crippen molar-refractivity contribution in [2.75, 3.05) is 13.6 Å². The van der Waals surface area contributed by atoms with E-state index in [0.717, 1.165) is 6.42 Å². The zero-order chi connectivity index (χ0) is 16.3. The molecular formula is C17H18N4O2. The minimum atomic E-state index is -1.10. The van der Waals surface area contributed by atoms with Crippen molar-refractivity contribution in [2.45, 2.75) is 18.4 Å². The van der Waals surface area contributed by atoms with Crippen LogP contribution >= 0.6 is 0 Å². The van der Waals surface area contributed by atoms with Crippen molar-refractivity contribution in [3.63, 3.8) is 0 Å². The first-order chi connectivity index (χ1) is 11.2. The van der Waals surface area contributed by atoms with E-state index in [1.54, 1.807) is 42.7 Å². The van der Waals surface area contributed by atoms with Gasteiger partial charge in [0, 0.05) is 31.5 Å². The van der Waals surface area contributed by atoms with Crippen molar-refractivity contribution in [3.8, 4) is 0 Å². The molecule has 2 aromatic rings. The smallest absolute Gasteiger partial charge is 0.255 e. The summed E-state index contributed by atoms with van der Waals surface area (Å²) < 4.78 is 0. The SMILES string of the molecule is CNC(=O)[C@@]1(c2cnccn2)CCCN1C(=O)c1ccccc1. The Morgan fingerprint density at radius 2 is 2.00 bits per heavy atom. The number of likely N-dealkylation sites (N-methyl/N-ethyl adjacent to an activating group) is 1. The number of nitrogens with one attached hydrogen (secondary N) is 1. The maximum Gasteiger partial charge on any atom is 0.255 e. The molecule has 6 nitrogen and oxygen atoms in total. The number of carbonyl (C=O) groups is 2. The van der Waals surface area contributed by atoms with Crippen LogP contribution in [0.4, 0.5) is 0 Å². The molecule has 0 unspecified atom stereocenters. The molecule has 6 heteroatoms. The van der Waals surface area contributed by atoms with Crippen LogP contribution in [0.25, 0.3) is 0 Å². The van der Waals surface area contributed by atoms with Crippen LogP contribution in [0.2, 0.25) is 0 Å². The summed E-state index contributed by atoms with van der Waals surface area (Å²) in [6.45, 7) is 0.512. The van der Waals surface area contributed by atoms with Gasteiger partial charge in [0.05, 0.1) is 11.9 Å². The average Bonchev–Trinajstić information content (AvgIpc) is 3.08. The van der Waals surface area contributed by atoms with Crippen LogP contribution in [0, 0.1) is 0 Å². The summed E-state index contributed by atoms with van der Waals surface area (Å²) in [5.74, 6) is -0.405. The second-order valence-corrected chi connectivity index (χ2v) is 5.46. The second-order valence-electron chi connectivity index (χ2n) is 5.46. The fourth-order valence-electron chi connectivity index (χ4n) is 3.17. The quantitative estimate of drug-likeness (QED) is 0.928. The summed E-state index contributed by atoms with van der Waals surface area (Å²) in [7, 11) is 1.57. The third kappa shape index (κ3) is 2.46. The first-order valence-corrected chi connectivity index (χ1v) is 7.56. The Balaban J connectivity index is 2.08. The highest BCUT2D eigenvalue weighted by Crippen LogP contribution is 2.39. The Morgan fingerprint density at radius 3 is 2.65 bits per heavy atom. The van der Waals surface area contributed by atoms with Crippen LogP contribution < -0.4 is 5.32 Å². The second kappa shape index (κ2) is 6.16. The van der Waals surface area contributed by atoms with E-state index in [4.69, 9.17) is 0 Å². The standard InChI is InChI=1S/C17H18N4O2/c1-18-16(23)17(14-12-19-9-10-20-14)8-5-11-21(17)15(22)13-6-3-2-4-7-13/h2-4,6-7,9-10,12H,5,8,11H2,1H3,(H,18,23)/t17-/m0/s1. The molecule has 0 bridgehead atoms. The molecule has 1 aromatic carbocycles. The Labute approximate surface area is 134 Å². The van der Waals surface area contributed by atoms with Crippen molar-refractivity contribution in [2.24, 2.45) is 0 Å². The van der Waals surface area contributed by atoms with E-state index in [1.807, 2.05) is 18.2 Å². The molecule has 0 spiro atoms. The lowest BCUT2D eigenvalue weighted by Gasteiger charge is -2.36. The highest BCUT2D eigenvalue weighted by molar-refractivity contribution is 5.99. The molecule has 3 rings (SSSR count). The number of hydrogen-bond donors (Lipinski definition) is 1. The van der Waals surface area contributed by atoms with Crippen LogP contribution in [0.1, 0.15) is 28.9 Å². The molecular weight excluding hydrogens is 292 g/mol. The fraction of sp³-hybridized carbons (Fsp3) is 0.294. The van der Waals surface area contributed by atoms with Gasteiger partial charge in [-0.05, 0) is 25.0 Å². The van der Waals surface area contributed by atoms with Crippen LogP contribution in [0.5, 0.6) is 0 Å². The zero-order valence-corrected chi connectivity index (χ0v) is 12.9. The summed E-state index contributed by atoms with van der Waals surface area (Å²) in [4.78, 5) is 35.7. The number of benzene rings is 1. The lowest BCUT2D eigenvalue weighted by Crippen LogP contribution is -2.54. The topological polar surface area (TPSA) is 75.2 Å². The molecule has 1 fully saturated rings. The van der Waals surface area contributed by atoms with Gasteiger partial charge < -0.3 is 10.2 Å². The summed E-state index contributed by atoms with van der Waals surface area (Å²) in [5.41, 5.74) is -0.0386. The van der Waals surface area contributed by atoms with E-state index in [9.17, 15) is 9.59 Å². The number of likely N-dealkylation sites (tertiary alicyclic amines) is 1. The van der Waals surface area contributed by atoms with E-state index in [-0.39, 0.29) is 11.8 Å². The number of amides is 2. The van der Waals surface area contributed by atoms with Gasteiger partial charge in [-0.3, -0.25) is 19.6 Å². The Hall–Kier alpha value is -2.76. The predicted octanol–water partition coefficient (Wildman–Crippen LogP) is 1.35. The van der Waals surface area contributed by atoms with E-state index in [1.165, 1.54) is 0 Å². The van der Waals surface area contributed by atoms with Gasteiger partial charge in [0.2, 0.25) is 0 Å². The van der Waals surface area contributed by atoms with Crippen LogP contribution in [-0.4, -0.2) is 40.3 Å². The third-order valence-electron chi connectivity index (χ3n) is 4.24. The van der Waals surface area contributed by atoms with Gasteiger partial charge in [-0.15, -0.1) is 0 Å². The monoisotopic (exact) mass is 310 g/mol. The van der Waals surface area contributed by atoms with Gasteiger partial charge in [-0.2, -0.15) is 0 Å². The zero-order valence-electron chi connectivity index (χ0n) is 12.9. The molecule has 1 aromatic heterocycles. The maximum absolute atomic E-state index is 13.0. The van der Waals surface area contributed by atoms with E-state index in [2.05, 4.69) is 15.3 Å². The summed E-state index contributed by atoms with van der Waals surface area (Å²) in [6, 6.07) is 8.99. The molecule has 1 aliphatic heterocycles. The maximum atomic E-state index is 13.0. The van der Waals surface area contributed by atoms with Gasteiger partial charge in [0.15, 0.2) is 5.54 Å². The van der Waals surface area contributed by atoms with Gasteiger partial charge in [-0.1, -0.05) is 18.2 Å². The van der Waals surface area contributed by atoms with E-state index < -0.39 is 5.54 Å². The molecule has 0 radical (unpaired) electrons. The highest BCUT2D eigenvalue weighted by Gasteiger charge is 2.52. The van der Waals surface area contributed by atoms with Gasteiger partial charge in [0.1, 0.15) is 0 Å². The number of hydrogen-bond acceptors (Lipinski definition) is 4. The van der Waals surface area contributed by atoms with Gasteiger partial charge in [-0.25, -0.2) is 0 Å². The van der Waals surface area contributed by atoms with E-state index in [0.29, 0.717) is 24.2 Å². The molecule has 1 aliphatic rings. The molecule has 1 N–H and O–H groups in total. The minimum Gasteiger partial charge on any atom is -0.357 e. The number of aromatic nitrogens is 2. The lowest BCUT2D eigenvalue weighted by atomic mass is 9.90. The lowest BCUT2D eigenvalue weighted by molar-refractivity contribution is -0.131. The summed E-state index contributed by atoms with van der Waals surface area (Å²) >= 11 is 0. The van der Waals surface area contributed by atoms with Crippen molar-refractivity contribution < 1.29 is 9.59 Å². The predicted molar refractivity (Wildman–Crippen MR) is 84.5 cm³/mol. The van der Waals surface area contributed by atoms with E-state index >= 15 is 0 Å². The first-order valence-electron chi connectivity index (χ1n) is 7.56. The third-order valence-corrected chi connectivity index (χ3v) is 4.24. The molecule has 0 aliphatic carbocycles. The Bertz CT molecular complexity index is 705. The highest BCUT2D eigenvalue weighted by atomic mass is 16.2. The molecule has 23 heavy (non-hydrogen) atoms. The van der Waals surface area contributed by atoms with Crippen molar-refractivity contribution >= 4 is 11.8 Å². The largest absolute Gasteiger partial charge is 0.357 e. The van der Waals surface area contributed by atoms with Gasteiger partial charge in [0.25, 0.3) is 11.8 Å². The molecule has 118 valence electrons. The molecule has 1 atom stereocenters.